The van der Waals surface area contributed by atoms with Gasteiger partial charge in [0.25, 0.3) is 0 Å². The van der Waals surface area contributed by atoms with Crippen molar-refractivity contribution >= 4 is 5.91 Å². The number of methoxy groups -OCH3 is 3. The van der Waals surface area contributed by atoms with Crippen LogP contribution >= 0.6 is 0 Å². The van der Waals surface area contributed by atoms with E-state index >= 15 is 0 Å². The third-order valence-corrected chi connectivity index (χ3v) is 5.41. The Hall–Kier alpha value is -1.79. The molecule has 1 atom stereocenters. The molecule has 2 heterocycles. The molecule has 2 fully saturated rings. The quantitative estimate of drug-likeness (QED) is 0.778. The van der Waals surface area contributed by atoms with Crippen molar-refractivity contribution in [1.82, 2.24) is 9.80 Å². The van der Waals surface area contributed by atoms with Gasteiger partial charge in [-0.2, -0.15) is 0 Å². The predicted octanol–water partition coefficient (Wildman–Crippen LogP) is 1.43. The summed E-state index contributed by atoms with van der Waals surface area (Å²) >= 11 is 0. The van der Waals surface area contributed by atoms with Crippen molar-refractivity contribution in [2.24, 2.45) is 5.41 Å². The number of likely N-dealkylation sites (tertiary alicyclic amines) is 2. The molecule has 25 heavy (non-hydrogen) atoms. The molecule has 1 spiro atoms. The summed E-state index contributed by atoms with van der Waals surface area (Å²) in [7, 11) is 7.13. The van der Waals surface area contributed by atoms with Gasteiger partial charge in [-0.1, -0.05) is 0 Å². The first kappa shape index (κ1) is 18.0. The average molecular weight is 348 g/mol. The van der Waals surface area contributed by atoms with E-state index in [1.165, 1.54) is 0 Å². The third kappa shape index (κ3) is 3.75. The maximum absolute atomic E-state index is 12.6. The second kappa shape index (κ2) is 7.22. The number of carbonyl (C=O) groups excluding carboxylic acids is 1. The minimum Gasteiger partial charge on any atom is -0.497 e. The predicted molar refractivity (Wildman–Crippen MR) is 95.2 cm³/mol. The van der Waals surface area contributed by atoms with E-state index in [1.807, 2.05) is 23.1 Å². The van der Waals surface area contributed by atoms with E-state index < -0.39 is 0 Å². The largest absolute Gasteiger partial charge is 0.497 e. The van der Waals surface area contributed by atoms with Crippen molar-refractivity contribution in [3.63, 3.8) is 0 Å². The van der Waals surface area contributed by atoms with E-state index in [0.717, 1.165) is 38.2 Å². The molecule has 6 nitrogen and oxygen atoms in total. The lowest BCUT2D eigenvalue weighted by Crippen LogP contribution is -2.59. The molecule has 0 saturated carbocycles. The van der Waals surface area contributed by atoms with Crippen LogP contribution in [0.15, 0.2) is 18.2 Å². The lowest BCUT2D eigenvalue weighted by Gasteiger charge is -2.48. The lowest BCUT2D eigenvalue weighted by molar-refractivity contribution is -0.141. The molecular formula is C19H28N2O4. The van der Waals surface area contributed by atoms with E-state index in [-0.39, 0.29) is 11.3 Å². The van der Waals surface area contributed by atoms with Crippen molar-refractivity contribution in [1.29, 1.82) is 0 Å². The van der Waals surface area contributed by atoms with Crippen LogP contribution in [-0.4, -0.2) is 76.4 Å². The van der Waals surface area contributed by atoms with Crippen molar-refractivity contribution in [2.75, 3.05) is 54.6 Å². The first-order chi connectivity index (χ1) is 12.0. The molecule has 0 aromatic heterocycles. The van der Waals surface area contributed by atoms with Gasteiger partial charge in [0, 0.05) is 44.3 Å². The summed E-state index contributed by atoms with van der Waals surface area (Å²) in [5.74, 6) is 1.59. The average Bonchev–Trinajstić information content (AvgIpc) is 2.90. The Bertz CT molecular complexity index is 606. The molecule has 6 heteroatoms. The Morgan fingerprint density at radius 3 is 2.32 bits per heavy atom. The number of benzene rings is 1. The normalized spacial score (nSPS) is 22.1. The number of amides is 1. The van der Waals surface area contributed by atoms with E-state index in [0.29, 0.717) is 24.0 Å². The van der Waals surface area contributed by atoms with Gasteiger partial charge in [0.05, 0.1) is 27.2 Å². The van der Waals surface area contributed by atoms with Crippen LogP contribution in [0.2, 0.25) is 0 Å². The van der Waals surface area contributed by atoms with Gasteiger partial charge in [-0.05, 0) is 31.2 Å². The molecular weight excluding hydrogens is 320 g/mol. The van der Waals surface area contributed by atoms with Crippen molar-refractivity contribution in [3.05, 3.63) is 23.8 Å². The molecule has 1 aromatic rings. The maximum Gasteiger partial charge on any atom is 0.227 e. The van der Waals surface area contributed by atoms with E-state index in [4.69, 9.17) is 14.2 Å². The van der Waals surface area contributed by atoms with E-state index in [2.05, 4.69) is 11.9 Å². The summed E-state index contributed by atoms with van der Waals surface area (Å²) in [4.78, 5) is 17.0. The fraction of sp³-hybridized carbons (Fsp3) is 0.632. The van der Waals surface area contributed by atoms with Gasteiger partial charge in [-0.15, -0.1) is 0 Å². The number of hydrogen-bond donors (Lipinski definition) is 0. The summed E-state index contributed by atoms with van der Waals surface area (Å²) in [5.41, 5.74) is 1.17. The Morgan fingerprint density at radius 1 is 1.12 bits per heavy atom. The minimum absolute atomic E-state index is 0.166. The van der Waals surface area contributed by atoms with Crippen LogP contribution in [0.5, 0.6) is 11.5 Å². The highest BCUT2D eigenvalue weighted by molar-refractivity contribution is 5.80. The zero-order valence-electron chi connectivity index (χ0n) is 15.6. The smallest absolute Gasteiger partial charge is 0.227 e. The number of carbonyl (C=O) groups is 1. The molecule has 2 saturated heterocycles. The highest BCUT2D eigenvalue weighted by Crippen LogP contribution is 2.42. The lowest BCUT2D eigenvalue weighted by atomic mass is 9.77. The minimum atomic E-state index is 0.166. The van der Waals surface area contributed by atoms with Gasteiger partial charge in [0.1, 0.15) is 11.5 Å². The standard InChI is InChI=1S/C19H28N2O4/c1-20-11-19(9-15(20)10-23-2)12-21(13-19)18(22)7-14-5-16(24-3)8-17(6-14)25-4/h5-6,8,15H,7,9-13H2,1-4H3. The van der Waals surface area contributed by atoms with Crippen LogP contribution in [0.4, 0.5) is 0 Å². The topological polar surface area (TPSA) is 51.2 Å². The van der Waals surface area contributed by atoms with Crippen molar-refractivity contribution in [3.8, 4) is 11.5 Å². The van der Waals surface area contributed by atoms with Gasteiger partial charge in [-0.25, -0.2) is 0 Å². The van der Waals surface area contributed by atoms with Crippen LogP contribution in [0.3, 0.4) is 0 Å². The van der Waals surface area contributed by atoms with Gasteiger partial charge < -0.3 is 24.0 Å². The van der Waals surface area contributed by atoms with Crippen LogP contribution in [0.25, 0.3) is 0 Å². The Morgan fingerprint density at radius 2 is 1.76 bits per heavy atom. The molecule has 0 aliphatic carbocycles. The Kier molecular flexibility index (Phi) is 5.20. The van der Waals surface area contributed by atoms with Crippen LogP contribution in [-0.2, 0) is 16.0 Å². The first-order valence-corrected chi connectivity index (χ1v) is 8.67. The molecule has 2 aliphatic rings. The van der Waals surface area contributed by atoms with Crippen LogP contribution in [0, 0.1) is 5.41 Å². The number of likely N-dealkylation sites (N-methyl/N-ethyl adjacent to an activating group) is 1. The third-order valence-electron chi connectivity index (χ3n) is 5.41. The molecule has 3 rings (SSSR count). The highest BCUT2D eigenvalue weighted by Gasteiger charge is 2.51. The molecule has 0 bridgehead atoms. The Balaban J connectivity index is 1.58. The fourth-order valence-electron chi connectivity index (χ4n) is 4.18. The van der Waals surface area contributed by atoms with E-state index in [1.54, 1.807) is 21.3 Å². The second-order valence-electron chi connectivity index (χ2n) is 7.38. The van der Waals surface area contributed by atoms with Crippen molar-refractivity contribution < 1.29 is 19.0 Å². The number of ether oxygens (including phenoxy) is 3. The fourth-order valence-corrected chi connectivity index (χ4v) is 4.18. The number of hydrogen-bond acceptors (Lipinski definition) is 5. The second-order valence-corrected chi connectivity index (χ2v) is 7.38. The molecule has 1 aromatic carbocycles. The summed E-state index contributed by atoms with van der Waals surface area (Å²) in [5, 5.41) is 0. The van der Waals surface area contributed by atoms with Gasteiger partial charge in [-0.3, -0.25) is 4.79 Å². The zero-order valence-corrected chi connectivity index (χ0v) is 15.6. The number of rotatable bonds is 6. The zero-order chi connectivity index (χ0) is 18.0. The molecule has 138 valence electrons. The summed E-state index contributed by atoms with van der Waals surface area (Å²) < 4.78 is 15.9. The summed E-state index contributed by atoms with van der Waals surface area (Å²) in [6.07, 6.45) is 1.48. The SMILES string of the molecule is COCC1CC2(CN(C(=O)Cc3cc(OC)cc(OC)c3)C2)CN1C. The molecule has 0 N–H and O–H groups in total. The van der Waals surface area contributed by atoms with Gasteiger partial charge in [0.15, 0.2) is 0 Å². The van der Waals surface area contributed by atoms with Gasteiger partial charge in [0.2, 0.25) is 5.91 Å². The first-order valence-electron chi connectivity index (χ1n) is 8.67. The van der Waals surface area contributed by atoms with Gasteiger partial charge >= 0.3 is 0 Å². The van der Waals surface area contributed by atoms with Crippen molar-refractivity contribution in [2.45, 2.75) is 18.9 Å². The van der Waals surface area contributed by atoms with Crippen LogP contribution in [0.1, 0.15) is 12.0 Å². The highest BCUT2D eigenvalue weighted by atomic mass is 16.5. The molecule has 2 aliphatic heterocycles. The van der Waals surface area contributed by atoms with Crippen LogP contribution < -0.4 is 9.47 Å². The monoisotopic (exact) mass is 348 g/mol. The van der Waals surface area contributed by atoms with E-state index in [9.17, 15) is 4.79 Å². The summed E-state index contributed by atoms with van der Waals surface area (Å²) in [6, 6.07) is 6.07. The Labute approximate surface area is 149 Å². The summed E-state index contributed by atoms with van der Waals surface area (Å²) in [6.45, 7) is 3.49. The number of nitrogens with zero attached hydrogens (tertiary/aromatic N) is 2. The maximum atomic E-state index is 12.6. The molecule has 0 radical (unpaired) electrons. The molecule has 1 amide bonds. The molecule has 1 unspecified atom stereocenters.